The molecule has 1 aliphatic rings. The van der Waals surface area contributed by atoms with Crippen molar-refractivity contribution in [1.82, 2.24) is 0 Å². The van der Waals surface area contributed by atoms with Gasteiger partial charge >= 0.3 is 0 Å². The highest BCUT2D eigenvalue weighted by atomic mass is 16.5. The van der Waals surface area contributed by atoms with Gasteiger partial charge in [-0.3, -0.25) is 14.8 Å². The van der Waals surface area contributed by atoms with E-state index in [1.54, 1.807) is 36.4 Å². The van der Waals surface area contributed by atoms with Crippen LogP contribution >= 0.6 is 0 Å². The van der Waals surface area contributed by atoms with E-state index in [0.717, 1.165) is 15.5 Å². The minimum absolute atomic E-state index is 0.0435. The largest absolute Gasteiger partial charge is 0.288 e. The lowest BCUT2D eigenvalue weighted by atomic mass is 10.2. The Balaban J connectivity index is 1.87. The summed E-state index contributed by atoms with van der Waals surface area (Å²) in [6, 6.07) is 15.0. The second kappa shape index (κ2) is 5.61. The van der Waals surface area contributed by atoms with Crippen molar-refractivity contribution < 1.29 is 14.8 Å². The molecule has 0 radical (unpaired) electrons. The van der Waals surface area contributed by atoms with E-state index in [2.05, 4.69) is 0 Å². The molecule has 0 saturated carbocycles. The zero-order valence-electron chi connectivity index (χ0n) is 12.1. The number of hydrogen-bond donors (Lipinski definition) is 1. The number of benzene rings is 2. The molecule has 1 heterocycles. The first-order valence-corrected chi connectivity index (χ1v) is 7.04. The molecule has 2 aromatic carbocycles. The molecule has 2 amide bonds. The molecule has 1 saturated heterocycles. The summed E-state index contributed by atoms with van der Waals surface area (Å²) in [6.07, 6.45) is -0.0435. The Labute approximate surface area is 128 Å². The molecule has 5 heteroatoms. The van der Waals surface area contributed by atoms with E-state index in [1.807, 2.05) is 25.1 Å². The van der Waals surface area contributed by atoms with Crippen molar-refractivity contribution in [3.63, 3.8) is 0 Å². The van der Waals surface area contributed by atoms with Gasteiger partial charge in [-0.15, -0.1) is 0 Å². The van der Waals surface area contributed by atoms with Crippen molar-refractivity contribution in [1.29, 1.82) is 0 Å². The van der Waals surface area contributed by atoms with Gasteiger partial charge in [0.05, 0.1) is 17.8 Å². The number of anilines is 2. The van der Waals surface area contributed by atoms with Crippen LogP contribution < -0.4 is 9.96 Å². The summed E-state index contributed by atoms with van der Waals surface area (Å²) in [4.78, 5) is 25.8. The Hall–Kier alpha value is -2.66. The van der Waals surface area contributed by atoms with Crippen molar-refractivity contribution in [3.8, 4) is 0 Å². The van der Waals surface area contributed by atoms with E-state index in [9.17, 15) is 14.8 Å². The van der Waals surface area contributed by atoms with Crippen LogP contribution in [0.4, 0.5) is 11.4 Å². The van der Waals surface area contributed by atoms with Crippen LogP contribution in [-0.4, -0.2) is 23.1 Å². The zero-order chi connectivity index (χ0) is 15.7. The van der Waals surface area contributed by atoms with Gasteiger partial charge in [-0.1, -0.05) is 35.9 Å². The highest BCUT2D eigenvalue weighted by Crippen LogP contribution is 2.27. The molecule has 1 atom stereocenters. The molecular weight excluding hydrogens is 280 g/mol. The molecule has 0 aliphatic carbocycles. The standard InChI is InChI=1S/C17H16N2O3/c1-12-7-9-13(10-8-12)18-16(20)11-15(17(18)21)19(22)14-5-3-2-4-6-14/h2-10,15,22H,11H2,1H3. The number of hydroxylamine groups is 1. The van der Waals surface area contributed by atoms with Gasteiger partial charge in [0.15, 0.2) is 0 Å². The summed E-state index contributed by atoms with van der Waals surface area (Å²) < 4.78 is 0. The average molecular weight is 296 g/mol. The van der Waals surface area contributed by atoms with Crippen LogP contribution in [0.15, 0.2) is 54.6 Å². The molecule has 1 fully saturated rings. The van der Waals surface area contributed by atoms with Gasteiger partial charge in [0.2, 0.25) is 5.91 Å². The zero-order valence-corrected chi connectivity index (χ0v) is 12.1. The van der Waals surface area contributed by atoms with Crippen molar-refractivity contribution in [3.05, 3.63) is 60.2 Å². The number of imide groups is 1. The first kappa shape index (κ1) is 14.3. The van der Waals surface area contributed by atoms with Crippen molar-refractivity contribution in [2.24, 2.45) is 0 Å². The predicted octanol–water partition coefficient (Wildman–Crippen LogP) is 2.52. The lowest BCUT2D eigenvalue weighted by Crippen LogP contribution is -2.40. The third-order valence-electron chi connectivity index (χ3n) is 3.73. The Kier molecular flexibility index (Phi) is 3.65. The highest BCUT2D eigenvalue weighted by Gasteiger charge is 2.43. The van der Waals surface area contributed by atoms with Crippen LogP contribution in [0.2, 0.25) is 0 Å². The second-order valence-corrected chi connectivity index (χ2v) is 5.30. The predicted molar refractivity (Wildman–Crippen MR) is 82.8 cm³/mol. The van der Waals surface area contributed by atoms with Crippen molar-refractivity contribution in [2.75, 3.05) is 9.96 Å². The van der Waals surface area contributed by atoms with Crippen LogP contribution in [0, 0.1) is 6.92 Å². The molecule has 1 unspecified atom stereocenters. The molecular formula is C17H16N2O3. The Morgan fingerprint density at radius 3 is 2.32 bits per heavy atom. The Morgan fingerprint density at radius 2 is 1.68 bits per heavy atom. The lowest BCUT2D eigenvalue weighted by Gasteiger charge is -2.22. The van der Waals surface area contributed by atoms with E-state index >= 15 is 0 Å². The van der Waals surface area contributed by atoms with Crippen LogP contribution in [0.5, 0.6) is 0 Å². The van der Waals surface area contributed by atoms with E-state index in [4.69, 9.17) is 0 Å². The van der Waals surface area contributed by atoms with Gasteiger partial charge in [0, 0.05) is 0 Å². The SMILES string of the molecule is Cc1ccc(N2C(=O)CC(N(O)c3ccccc3)C2=O)cc1. The van der Waals surface area contributed by atoms with Crippen LogP contribution in [-0.2, 0) is 9.59 Å². The minimum atomic E-state index is -0.892. The van der Waals surface area contributed by atoms with Crippen LogP contribution in [0.1, 0.15) is 12.0 Å². The summed E-state index contributed by atoms with van der Waals surface area (Å²) in [5.41, 5.74) is 2.07. The topological polar surface area (TPSA) is 60.9 Å². The fourth-order valence-electron chi connectivity index (χ4n) is 2.53. The lowest BCUT2D eigenvalue weighted by molar-refractivity contribution is -0.121. The van der Waals surface area contributed by atoms with Gasteiger partial charge in [-0.2, -0.15) is 0 Å². The summed E-state index contributed by atoms with van der Waals surface area (Å²) in [6.45, 7) is 1.94. The molecule has 1 N–H and O–H groups in total. The van der Waals surface area contributed by atoms with Crippen molar-refractivity contribution >= 4 is 23.2 Å². The molecule has 1 aliphatic heterocycles. The molecule has 0 spiro atoms. The maximum atomic E-state index is 12.5. The molecule has 0 aromatic heterocycles. The number of carbonyl (C=O) groups is 2. The van der Waals surface area contributed by atoms with E-state index in [-0.39, 0.29) is 12.3 Å². The fourth-order valence-corrected chi connectivity index (χ4v) is 2.53. The molecule has 2 aromatic rings. The number of para-hydroxylation sites is 1. The molecule has 112 valence electrons. The summed E-state index contributed by atoms with van der Waals surface area (Å²) in [5, 5.41) is 11.1. The molecule has 0 bridgehead atoms. The Morgan fingerprint density at radius 1 is 1.05 bits per heavy atom. The number of hydrogen-bond acceptors (Lipinski definition) is 4. The fraction of sp³-hybridized carbons (Fsp3) is 0.176. The maximum absolute atomic E-state index is 12.5. The third kappa shape index (κ3) is 2.46. The molecule has 22 heavy (non-hydrogen) atoms. The highest BCUT2D eigenvalue weighted by molar-refractivity contribution is 6.23. The number of aryl methyl sites for hydroxylation is 1. The summed E-state index contributed by atoms with van der Waals surface area (Å²) in [7, 11) is 0. The summed E-state index contributed by atoms with van der Waals surface area (Å²) in [5.74, 6) is -0.728. The van der Waals surface area contributed by atoms with Gasteiger partial charge < -0.3 is 0 Å². The normalized spacial score (nSPS) is 17.9. The van der Waals surface area contributed by atoms with E-state index in [1.165, 1.54) is 0 Å². The number of nitrogens with zero attached hydrogens (tertiary/aromatic N) is 2. The van der Waals surface area contributed by atoms with Crippen LogP contribution in [0.3, 0.4) is 0 Å². The number of carbonyl (C=O) groups excluding carboxylic acids is 2. The van der Waals surface area contributed by atoms with Gasteiger partial charge in [0.25, 0.3) is 5.91 Å². The van der Waals surface area contributed by atoms with Gasteiger partial charge in [0.1, 0.15) is 6.04 Å². The smallest absolute Gasteiger partial charge is 0.259 e. The maximum Gasteiger partial charge on any atom is 0.259 e. The third-order valence-corrected chi connectivity index (χ3v) is 3.73. The second-order valence-electron chi connectivity index (χ2n) is 5.30. The van der Waals surface area contributed by atoms with E-state index in [0.29, 0.717) is 11.4 Å². The first-order chi connectivity index (χ1) is 10.6. The Bertz CT molecular complexity index is 698. The van der Waals surface area contributed by atoms with E-state index < -0.39 is 11.9 Å². The monoisotopic (exact) mass is 296 g/mol. The van der Waals surface area contributed by atoms with Crippen LogP contribution in [0.25, 0.3) is 0 Å². The molecule has 5 nitrogen and oxygen atoms in total. The summed E-state index contributed by atoms with van der Waals surface area (Å²) >= 11 is 0. The number of rotatable bonds is 3. The quantitative estimate of drug-likeness (QED) is 0.698. The minimum Gasteiger partial charge on any atom is -0.288 e. The molecule has 3 rings (SSSR count). The van der Waals surface area contributed by atoms with Crippen molar-refractivity contribution in [2.45, 2.75) is 19.4 Å². The number of amides is 2. The van der Waals surface area contributed by atoms with Gasteiger partial charge in [-0.25, -0.2) is 9.96 Å². The van der Waals surface area contributed by atoms with Gasteiger partial charge in [-0.05, 0) is 31.2 Å². The average Bonchev–Trinajstić information content (AvgIpc) is 2.83. The first-order valence-electron chi connectivity index (χ1n) is 7.04.